The summed E-state index contributed by atoms with van der Waals surface area (Å²) in [4.78, 5) is 4.63. The molecule has 0 bridgehead atoms. The molecule has 17 heavy (non-hydrogen) atoms. The van der Waals surface area contributed by atoms with E-state index in [-0.39, 0.29) is 0 Å². The minimum absolute atomic E-state index is 0.433. The molecule has 94 valence electrons. The van der Waals surface area contributed by atoms with Gasteiger partial charge in [0.2, 0.25) is 0 Å². The van der Waals surface area contributed by atoms with Crippen LogP contribution in [-0.2, 0) is 0 Å². The Morgan fingerprint density at radius 3 is 2.00 bits per heavy atom. The third kappa shape index (κ3) is 1.95. The molecule has 2 heteroatoms. The van der Waals surface area contributed by atoms with Gasteiger partial charge >= 0.3 is 0 Å². The van der Waals surface area contributed by atoms with Gasteiger partial charge in [0, 0.05) is 17.2 Å². The van der Waals surface area contributed by atoms with E-state index >= 15 is 0 Å². The standard InChI is InChI=1S/C15H22BrN/c1-10(11-6-8-17-9-7-11)12(16)13-14(2,3)15(13,4)5/h6-10,12-13H,1-5H3. The monoisotopic (exact) mass is 295 g/mol. The molecular weight excluding hydrogens is 274 g/mol. The van der Waals surface area contributed by atoms with Crippen molar-refractivity contribution >= 4 is 15.9 Å². The zero-order chi connectivity index (χ0) is 12.8. The summed E-state index contributed by atoms with van der Waals surface area (Å²) < 4.78 is 0. The Labute approximate surface area is 113 Å². The van der Waals surface area contributed by atoms with Gasteiger partial charge in [0.25, 0.3) is 0 Å². The SMILES string of the molecule is CC(c1ccncc1)C(Br)C1C(C)(C)C1(C)C. The zero-order valence-electron chi connectivity index (χ0n) is 11.4. The molecule has 2 rings (SSSR count). The van der Waals surface area contributed by atoms with Crippen molar-refractivity contribution in [3.8, 4) is 0 Å². The van der Waals surface area contributed by atoms with Crippen LogP contribution in [0.1, 0.15) is 46.1 Å². The topological polar surface area (TPSA) is 12.9 Å². The van der Waals surface area contributed by atoms with Gasteiger partial charge in [-0.05, 0) is 40.4 Å². The van der Waals surface area contributed by atoms with Crippen molar-refractivity contribution in [1.82, 2.24) is 4.98 Å². The third-order valence-electron chi connectivity index (χ3n) is 5.16. The van der Waals surface area contributed by atoms with Gasteiger partial charge in [-0.2, -0.15) is 0 Å². The van der Waals surface area contributed by atoms with Crippen LogP contribution in [0.4, 0.5) is 0 Å². The first-order valence-electron chi connectivity index (χ1n) is 6.34. The molecule has 0 spiro atoms. The highest BCUT2D eigenvalue weighted by Crippen LogP contribution is 2.72. The first kappa shape index (κ1) is 13.1. The highest BCUT2D eigenvalue weighted by atomic mass is 79.9. The fraction of sp³-hybridized carbons (Fsp3) is 0.667. The summed E-state index contributed by atoms with van der Waals surface area (Å²) in [6, 6.07) is 4.25. The number of hydrogen-bond donors (Lipinski definition) is 0. The highest BCUT2D eigenvalue weighted by Gasteiger charge is 2.67. The Morgan fingerprint density at radius 1 is 1.12 bits per heavy atom. The van der Waals surface area contributed by atoms with Crippen molar-refractivity contribution in [2.24, 2.45) is 16.7 Å². The molecule has 1 aromatic rings. The summed E-state index contributed by atoms with van der Waals surface area (Å²) in [5, 5.41) is 0. The van der Waals surface area contributed by atoms with Gasteiger partial charge in [0.15, 0.2) is 0 Å². The maximum Gasteiger partial charge on any atom is 0.0270 e. The van der Waals surface area contributed by atoms with E-state index in [1.807, 2.05) is 12.4 Å². The van der Waals surface area contributed by atoms with Crippen molar-refractivity contribution in [3.63, 3.8) is 0 Å². The van der Waals surface area contributed by atoms with Gasteiger partial charge in [-0.1, -0.05) is 50.5 Å². The minimum Gasteiger partial charge on any atom is -0.265 e. The number of hydrogen-bond acceptors (Lipinski definition) is 1. The van der Waals surface area contributed by atoms with Crippen LogP contribution < -0.4 is 0 Å². The predicted octanol–water partition coefficient (Wildman–Crippen LogP) is 4.63. The van der Waals surface area contributed by atoms with E-state index in [4.69, 9.17) is 0 Å². The summed E-state index contributed by atoms with van der Waals surface area (Å²) in [7, 11) is 0. The van der Waals surface area contributed by atoms with Crippen LogP contribution in [0.5, 0.6) is 0 Å². The molecule has 0 N–H and O–H groups in total. The van der Waals surface area contributed by atoms with Crippen molar-refractivity contribution in [2.75, 3.05) is 0 Å². The molecular formula is C15H22BrN. The first-order chi connectivity index (χ1) is 7.80. The van der Waals surface area contributed by atoms with Gasteiger partial charge < -0.3 is 0 Å². The summed E-state index contributed by atoms with van der Waals surface area (Å²) >= 11 is 3.94. The minimum atomic E-state index is 0.433. The number of nitrogens with zero attached hydrogens (tertiary/aromatic N) is 1. The van der Waals surface area contributed by atoms with E-state index in [0.717, 1.165) is 5.92 Å². The highest BCUT2D eigenvalue weighted by molar-refractivity contribution is 9.09. The van der Waals surface area contributed by atoms with E-state index < -0.39 is 0 Å². The number of rotatable bonds is 3. The first-order valence-corrected chi connectivity index (χ1v) is 7.25. The molecule has 1 fully saturated rings. The van der Waals surface area contributed by atoms with E-state index in [9.17, 15) is 0 Å². The lowest BCUT2D eigenvalue weighted by atomic mass is 9.93. The number of halogens is 1. The summed E-state index contributed by atoms with van der Waals surface area (Å²) in [5.74, 6) is 1.27. The fourth-order valence-electron chi connectivity index (χ4n) is 3.18. The normalized spacial score (nSPS) is 25.3. The third-order valence-corrected chi connectivity index (χ3v) is 6.48. The largest absolute Gasteiger partial charge is 0.265 e. The quantitative estimate of drug-likeness (QED) is 0.741. The lowest BCUT2D eigenvalue weighted by Crippen LogP contribution is -2.15. The van der Waals surface area contributed by atoms with E-state index in [0.29, 0.717) is 21.6 Å². The molecule has 0 amide bonds. The molecule has 1 saturated carbocycles. The zero-order valence-corrected chi connectivity index (χ0v) is 13.0. The molecule has 2 atom stereocenters. The van der Waals surface area contributed by atoms with E-state index in [2.05, 4.69) is 67.7 Å². The van der Waals surface area contributed by atoms with Gasteiger partial charge in [0.05, 0.1) is 0 Å². The average molecular weight is 296 g/mol. The molecule has 2 unspecified atom stereocenters. The molecule has 1 aliphatic carbocycles. The second-order valence-electron chi connectivity index (χ2n) is 6.43. The maximum absolute atomic E-state index is 4.09. The number of alkyl halides is 1. The van der Waals surface area contributed by atoms with Crippen LogP contribution in [0.25, 0.3) is 0 Å². The van der Waals surface area contributed by atoms with Crippen molar-refractivity contribution in [1.29, 1.82) is 0 Å². The van der Waals surface area contributed by atoms with Crippen LogP contribution in [-0.4, -0.2) is 9.81 Å². The molecule has 1 nitrogen and oxygen atoms in total. The number of pyridine rings is 1. The molecule has 1 aromatic heterocycles. The summed E-state index contributed by atoms with van der Waals surface area (Å²) in [5.41, 5.74) is 2.24. The molecule has 0 aliphatic heterocycles. The van der Waals surface area contributed by atoms with Crippen LogP contribution in [0.3, 0.4) is 0 Å². The number of aromatic nitrogens is 1. The second-order valence-corrected chi connectivity index (χ2v) is 7.49. The van der Waals surface area contributed by atoms with Gasteiger partial charge in [-0.15, -0.1) is 0 Å². The van der Waals surface area contributed by atoms with Crippen LogP contribution in [0.2, 0.25) is 0 Å². The van der Waals surface area contributed by atoms with E-state index in [1.165, 1.54) is 5.56 Å². The maximum atomic E-state index is 4.09. The lowest BCUT2D eigenvalue weighted by Gasteiger charge is -2.20. The van der Waals surface area contributed by atoms with Crippen LogP contribution in [0.15, 0.2) is 24.5 Å². The molecule has 1 heterocycles. The van der Waals surface area contributed by atoms with Crippen molar-refractivity contribution < 1.29 is 0 Å². The summed E-state index contributed by atoms with van der Waals surface area (Å²) in [6.45, 7) is 11.8. The predicted molar refractivity (Wildman–Crippen MR) is 76.4 cm³/mol. The van der Waals surface area contributed by atoms with Crippen molar-refractivity contribution in [2.45, 2.75) is 45.4 Å². The smallest absolute Gasteiger partial charge is 0.0270 e. The van der Waals surface area contributed by atoms with Gasteiger partial charge in [-0.3, -0.25) is 4.98 Å². The Bertz CT molecular complexity index is 383. The Hall–Kier alpha value is -0.370. The summed E-state index contributed by atoms with van der Waals surface area (Å²) in [6.07, 6.45) is 3.77. The van der Waals surface area contributed by atoms with Gasteiger partial charge in [-0.25, -0.2) is 0 Å². The fourth-order valence-corrected chi connectivity index (χ4v) is 4.81. The van der Waals surface area contributed by atoms with Crippen LogP contribution in [0, 0.1) is 16.7 Å². The van der Waals surface area contributed by atoms with Crippen LogP contribution >= 0.6 is 15.9 Å². The average Bonchev–Trinajstić information content (AvgIpc) is 2.69. The lowest BCUT2D eigenvalue weighted by molar-refractivity contribution is 0.457. The molecule has 0 radical (unpaired) electrons. The molecule has 0 aromatic carbocycles. The molecule has 0 saturated heterocycles. The van der Waals surface area contributed by atoms with E-state index in [1.54, 1.807) is 0 Å². The molecule has 1 aliphatic rings. The Balaban J connectivity index is 2.15. The Morgan fingerprint density at radius 2 is 1.59 bits per heavy atom. The Kier molecular flexibility index (Phi) is 3.14. The van der Waals surface area contributed by atoms with Gasteiger partial charge in [0.1, 0.15) is 0 Å². The van der Waals surface area contributed by atoms with Crippen molar-refractivity contribution in [3.05, 3.63) is 30.1 Å². The second kappa shape index (κ2) is 4.08.